The van der Waals surface area contributed by atoms with E-state index in [1.54, 1.807) is 30.1 Å². The minimum absolute atomic E-state index is 0.248. The first-order valence-electron chi connectivity index (χ1n) is 7.05. The summed E-state index contributed by atoms with van der Waals surface area (Å²) >= 11 is 2.91. The minimum atomic E-state index is -0.574. The fourth-order valence-electron chi connectivity index (χ4n) is 2.00. The number of rotatable bonds is 6. The first-order chi connectivity index (χ1) is 11.6. The molecule has 2 heterocycles. The van der Waals surface area contributed by atoms with E-state index in [1.807, 2.05) is 30.3 Å². The van der Waals surface area contributed by atoms with Crippen molar-refractivity contribution < 1.29 is 9.59 Å². The maximum Gasteiger partial charge on any atom is 0.276 e. The molecule has 0 atom stereocenters. The lowest BCUT2D eigenvalue weighted by molar-refractivity contribution is 0.100. The van der Waals surface area contributed by atoms with E-state index in [4.69, 9.17) is 5.73 Å². The van der Waals surface area contributed by atoms with Crippen molar-refractivity contribution in [1.29, 1.82) is 0 Å². The number of nitrogens with one attached hydrogen (secondary N) is 2. The molecule has 0 saturated heterocycles. The molecule has 4 N–H and O–H groups in total. The number of thioether (sulfide) groups is 1. The molecule has 0 radical (unpaired) electrons. The van der Waals surface area contributed by atoms with Gasteiger partial charge in [0.05, 0.1) is 9.77 Å². The first kappa shape index (κ1) is 16.3. The van der Waals surface area contributed by atoms with Crippen LogP contribution in [0.1, 0.15) is 26.4 Å². The number of hydrogen-bond donors (Lipinski definition) is 3. The molecule has 1 aromatic carbocycles. The maximum atomic E-state index is 12.1. The predicted octanol–water partition coefficient (Wildman–Crippen LogP) is 3.11. The van der Waals surface area contributed by atoms with E-state index in [-0.39, 0.29) is 11.6 Å². The number of nitrogens with two attached hydrogens (primary N) is 1. The van der Waals surface area contributed by atoms with Gasteiger partial charge in [0.1, 0.15) is 10.7 Å². The number of primary amides is 1. The van der Waals surface area contributed by atoms with Crippen molar-refractivity contribution in [2.45, 2.75) is 9.96 Å². The number of carbonyl (C=O) groups is 2. The molecule has 3 aromatic rings. The van der Waals surface area contributed by atoms with Crippen molar-refractivity contribution in [3.05, 3.63) is 65.5 Å². The third-order valence-corrected chi connectivity index (χ3v) is 5.49. The summed E-state index contributed by atoms with van der Waals surface area (Å²) in [5, 5.41) is 9.52. The highest BCUT2D eigenvalue weighted by atomic mass is 32.2. The molecule has 0 aliphatic carbocycles. The largest absolute Gasteiger partial charge is 0.366 e. The SMILES string of the molecule is NC(=O)c1cc(SCc2ccccc2)sc1NC(=O)c1cc[nH]n1. The highest BCUT2D eigenvalue weighted by Gasteiger charge is 2.18. The average molecular weight is 358 g/mol. The Balaban J connectivity index is 1.75. The Morgan fingerprint density at radius 2 is 2.04 bits per heavy atom. The molecule has 8 heteroatoms. The third-order valence-electron chi connectivity index (χ3n) is 3.16. The Labute approximate surface area is 146 Å². The zero-order valence-electron chi connectivity index (χ0n) is 12.5. The number of amides is 2. The van der Waals surface area contributed by atoms with Crippen LogP contribution in [0.3, 0.4) is 0 Å². The van der Waals surface area contributed by atoms with Gasteiger partial charge in [-0.05, 0) is 17.7 Å². The molecule has 24 heavy (non-hydrogen) atoms. The average Bonchev–Trinajstić information content (AvgIpc) is 3.24. The van der Waals surface area contributed by atoms with Crippen LogP contribution in [-0.4, -0.2) is 22.0 Å². The van der Waals surface area contributed by atoms with Gasteiger partial charge in [0.15, 0.2) is 0 Å². The van der Waals surface area contributed by atoms with Crippen molar-refractivity contribution in [3.63, 3.8) is 0 Å². The van der Waals surface area contributed by atoms with Gasteiger partial charge < -0.3 is 11.1 Å². The van der Waals surface area contributed by atoms with Crippen LogP contribution in [0.15, 0.2) is 52.9 Å². The number of thiophene rings is 1. The highest BCUT2D eigenvalue weighted by Crippen LogP contribution is 2.36. The van der Waals surface area contributed by atoms with Crippen molar-refractivity contribution in [1.82, 2.24) is 10.2 Å². The molecule has 0 bridgehead atoms. The van der Waals surface area contributed by atoms with E-state index in [9.17, 15) is 9.59 Å². The number of H-pyrrole nitrogens is 1. The second-order valence-electron chi connectivity index (χ2n) is 4.86. The number of benzene rings is 1. The summed E-state index contributed by atoms with van der Waals surface area (Å²) in [6.45, 7) is 0. The van der Waals surface area contributed by atoms with E-state index >= 15 is 0 Å². The molecular formula is C16H14N4O2S2. The molecular weight excluding hydrogens is 344 g/mol. The van der Waals surface area contributed by atoms with Crippen LogP contribution >= 0.6 is 23.1 Å². The van der Waals surface area contributed by atoms with Crippen LogP contribution in [0.4, 0.5) is 5.00 Å². The molecule has 3 rings (SSSR count). The van der Waals surface area contributed by atoms with Gasteiger partial charge in [0.25, 0.3) is 11.8 Å². The Bertz CT molecular complexity index is 844. The molecule has 0 saturated carbocycles. The van der Waals surface area contributed by atoms with Crippen LogP contribution in [0.2, 0.25) is 0 Å². The Hall–Kier alpha value is -2.58. The van der Waals surface area contributed by atoms with E-state index in [0.717, 1.165) is 9.96 Å². The summed E-state index contributed by atoms with van der Waals surface area (Å²) in [6, 6.07) is 13.3. The van der Waals surface area contributed by atoms with Crippen molar-refractivity contribution in [2.75, 3.05) is 5.32 Å². The third kappa shape index (κ3) is 3.84. The second-order valence-corrected chi connectivity index (χ2v) is 7.19. The summed E-state index contributed by atoms with van der Waals surface area (Å²) in [5.41, 5.74) is 7.15. The molecule has 0 aliphatic rings. The summed E-state index contributed by atoms with van der Waals surface area (Å²) in [5.74, 6) is -0.192. The molecule has 0 aliphatic heterocycles. The zero-order valence-corrected chi connectivity index (χ0v) is 14.1. The van der Waals surface area contributed by atoms with E-state index in [1.165, 1.54) is 16.9 Å². The van der Waals surface area contributed by atoms with Crippen molar-refractivity contribution in [3.8, 4) is 0 Å². The fourth-order valence-corrected chi connectivity index (χ4v) is 4.15. The standard InChI is InChI=1S/C16H14N4O2S2/c17-14(21)11-8-13(23-9-10-4-2-1-3-5-10)24-16(11)19-15(22)12-6-7-18-20-12/h1-8H,9H2,(H2,17,21)(H,18,20)(H,19,22). The Kier molecular flexibility index (Phi) is 4.97. The lowest BCUT2D eigenvalue weighted by Gasteiger charge is -2.01. The highest BCUT2D eigenvalue weighted by molar-refractivity contribution is 8.00. The van der Waals surface area contributed by atoms with Gasteiger partial charge in [0, 0.05) is 11.9 Å². The number of nitrogens with zero attached hydrogens (tertiary/aromatic N) is 1. The Morgan fingerprint density at radius 3 is 2.71 bits per heavy atom. The van der Waals surface area contributed by atoms with Crippen LogP contribution < -0.4 is 11.1 Å². The van der Waals surface area contributed by atoms with Crippen LogP contribution in [0, 0.1) is 0 Å². The van der Waals surface area contributed by atoms with Crippen molar-refractivity contribution in [2.24, 2.45) is 5.73 Å². The van der Waals surface area contributed by atoms with Crippen LogP contribution in [0.25, 0.3) is 0 Å². The van der Waals surface area contributed by atoms with Gasteiger partial charge in [0.2, 0.25) is 0 Å². The summed E-state index contributed by atoms with van der Waals surface area (Å²) in [7, 11) is 0. The van der Waals surface area contributed by atoms with Gasteiger partial charge in [-0.15, -0.1) is 23.1 Å². The van der Waals surface area contributed by atoms with Gasteiger partial charge in [-0.3, -0.25) is 14.7 Å². The number of hydrogen-bond acceptors (Lipinski definition) is 5. The van der Waals surface area contributed by atoms with E-state index in [0.29, 0.717) is 10.6 Å². The Morgan fingerprint density at radius 1 is 1.25 bits per heavy atom. The van der Waals surface area contributed by atoms with Crippen LogP contribution in [-0.2, 0) is 5.75 Å². The topological polar surface area (TPSA) is 101 Å². The second kappa shape index (κ2) is 7.33. The lowest BCUT2D eigenvalue weighted by Crippen LogP contribution is -2.16. The molecule has 122 valence electrons. The molecule has 0 fully saturated rings. The molecule has 2 aromatic heterocycles. The quantitative estimate of drug-likeness (QED) is 0.589. The molecule has 6 nitrogen and oxygen atoms in total. The van der Waals surface area contributed by atoms with Gasteiger partial charge >= 0.3 is 0 Å². The minimum Gasteiger partial charge on any atom is -0.366 e. The molecule has 2 amide bonds. The maximum absolute atomic E-state index is 12.1. The lowest BCUT2D eigenvalue weighted by atomic mass is 10.2. The molecule has 0 spiro atoms. The summed E-state index contributed by atoms with van der Waals surface area (Å²) < 4.78 is 0.907. The van der Waals surface area contributed by atoms with Gasteiger partial charge in [-0.25, -0.2) is 0 Å². The number of carbonyl (C=O) groups excluding carboxylic acids is 2. The number of aromatic nitrogens is 2. The smallest absolute Gasteiger partial charge is 0.276 e. The number of anilines is 1. The van der Waals surface area contributed by atoms with E-state index < -0.39 is 5.91 Å². The first-order valence-corrected chi connectivity index (χ1v) is 8.85. The molecule has 0 unspecified atom stereocenters. The normalized spacial score (nSPS) is 10.5. The number of aromatic amines is 1. The fraction of sp³-hybridized carbons (Fsp3) is 0.0625. The van der Waals surface area contributed by atoms with Gasteiger partial charge in [-0.2, -0.15) is 5.10 Å². The monoisotopic (exact) mass is 358 g/mol. The van der Waals surface area contributed by atoms with Gasteiger partial charge in [-0.1, -0.05) is 30.3 Å². The van der Waals surface area contributed by atoms with Crippen LogP contribution in [0.5, 0.6) is 0 Å². The zero-order chi connectivity index (χ0) is 16.9. The van der Waals surface area contributed by atoms with E-state index in [2.05, 4.69) is 15.5 Å². The summed E-state index contributed by atoms with van der Waals surface area (Å²) in [4.78, 5) is 23.7. The predicted molar refractivity (Wildman–Crippen MR) is 95.4 cm³/mol. The summed E-state index contributed by atoms with van der Waals surface area (Å²) in [6.07, 6.45) is 1.56. The van der Waals surface area contributed by atoms with Crippen molar-refractivity contribution >= 4 is 39.9 Å².